The third-order valence-electron chi connectivity index (χ3n) is 2.62. The molecule has 0 saturated heterocycles. The molecule has 0 unspecified atom stereocenters. The molecule has 3 N–H and O–H groups in total. The molecule has 6 nitrogen and oxygen atoms in total. The molecule has 19 heavy (non-hydrogen) atoms. The summed E-state index contributed by atoms with van der Waals surface area (Å²) in [6.07, 6.45) is 1.45. The van der Waals surface area contributed by atoms with Crippen molar-refractivity contribution in [2.75, 3.05) is 0 Å². The summed E-state index contributed by atoms with van der Waals surface area (Å²) in [5.41, 5.74) is 7.98. The van der Waals surface area contributed by atoms with E-state index < -0.39 is 0 Å². The van der Waals surface area contributed by atoms with Crippen LogP contribution in [0.2, 0.25) is 0 Å². The lowest BCUT2D eigenvalue weighted by molar-refractivity contribution is 0.318. The van der Waals surface area contributed by atoms with E-state index in [2.05, 4.69) is 15.4 Å². The number of benzene rings is 1. The zero-order valence-electron chi connectivity index (χ0n) is 10.7. The highest BCUT2D eigenvalue weighted by atomic mass is 16.5. The summed E-state index contributed by atoms with van der Waals surface area (Å²) in [5.74, 6) is 0.786. The quantitative estimate of drug-likeness (QED) is 0.380. The Morgan fingerprint density at radius 1 is 1.32 bits per heavy atom. The Balaban J connectivity index is 2.41. The van der Waals surface area contributed by atoms with Crippen LogP contribution in [0.5, 0.6) is 11.6 Å². The fourth-order valence-electron chi connectivity index (χ4n) is 1.56. The molecule has 0 fully saturated rings. The van der Waals surface area contributed by atoms with E-state index in [1.165, 1.54) is 6.20 Å². The summed E-state index contributed by atoms with van der Waals surface area (Å²) in [6, 6.07) is 7.40. The predicted octanol–water partition coefficient (Wildman–Crippen LogP) is 1.98. The average Bonchev–Trinajstić information content (AvgIpc) is 2.42. The Hall–Kier alpha value is -2.63. The van der Waals surface area contributed by atoms with Crippen molar-refractivity contribution in [2.24, 2.45) is 10.9 Å². The lowest BCUT2D eigenvalue weighted by Crippen LogP contribution is -2.15. The number of hydrogen-bond acceptors (Lipinski definition) is 5. The van der Waals surface area contributed by atoms with Crippen molar-refractivity contribution >= 4 is 5.84 Å². The van der Waals surface area contributed by atoms with E-state index in [1.54, 1.807) is 6.07 Å². The number of hydrogen-bond donors (Lipinski definition) is 2. The lowest BCUT2D eigenvalue weighted by atomic mass is 10.1. The van der Waals surface area contributed by atoms with Crippen molar-refractivity contribution in [1.82, 2.24) is 10.2 Å². The molecule has 0 aliphatic heterocycles. The molecule has 1 heterocycles. The SMILES string of the molecule is Cc1ccc(C)c(Oc2nnccc2/C(N)=N/O)c1. The molecular weight excluding hydrogens is 244 g/mol. The van der Waals surface area contributed by atoms with E-state index in [1.807, 2.05) is 32.0 Å². The van der Waals surface area contributed by atoms with Gasteiger partial charge in [0.25, 0.3) is 0 Å². The van der Waals surface area contributed by atoms with Crippen LogP contribution in [0.15, 0.2) is 35.6 Å². The monoisotopic (exact) mass is 258 g/mol. The fraction of sp³-hybridized carbons (Fsp3) is 0.154. The number of nitrogens with two attached hydrogens (primary N) is 1. The molecule has 0 bridgehead atoms. The maximum atomic E-state index is 8.74. The van der Waals surface area contributed by atoms with E-state index in [0.717, 1.165) is 11.1 Å². The molecule has 0 aliphatic carbocycles. The van der Waals surface area contributed by atoms with E-state index in [4.69, 9.17) is 15.7 Å². The van der Waals surface area contributed by atoms with Gasteiger partial charge in [0.15, 0.2) is 5.84 Å². The third-order valence-corrected chi connectivity index (χ3v) is 2.62. The van der Waals surface area contributed by atoms with Gasteiger partial charge < -0.3 is 15.7 Å². The van der Waals surface area contributed by atoms with E-state index in [-0.39, 0.29) is 11.7 Å². The first-order chi connectivity index (χ1) is 9.11. The Morgan fingerprint density at radius 3 is 2.84 bits per heavy atom. The summed E-state index contributed by atoms with van der Waals surface area (Å²) in [7, 11) is 0. The standard InChI is InChI=1S/C13H14N4O2/c1-8-3-4-9(2)11(7-8)19-13-10(12(14)17-18)5-6-15-16-13/h3-7,18H,1-2H3,(H2,14,17). The minimum atomic E-state index is -0.0739. The second kappa shape index (κ2) is 5.34. The Morgan fingerprint density at radius 2 is 2.11 bits per heavy atom. The highest BCUT2D eigenvalue weighted by Crippen LogP contribution is 2.26. The molecule has 0 aliphatic rings. The Kier molecular flexibility index (Phi) is 3.61. The first-order valence-corrected chi connectivity index (χ1v) is 5.66. The number of amidine groups is 1. The van der Waals surface area contributed by atoms with E-state index in [0.29, 0.717) is 11.3 Å². The fourth-order valence-corrected chi connectivity index (χ4v) is 1.56. The summed E-state index contributed by atoms with van der Waals surface area (Å²) >= 11 is 0. The van der Waals surface area contributed by atoms with Crippen LogP contribution < -0.4 is 10.5 Å². The predicted molar refractivity (Wildman–Crippen MR) is 70.5 cm³/mol. The second-order valence-electron chi connectivity index (χ2n) is 4.11. The molecule has 0 spiro atoms. The Labute approximate surface area is 110 Å². The van der Waals surface area contributed by atoms with Crippen molar-refractivity contribution in [3.63, 3.8) is 0 Å². The summed E-state index contributed by atoms with van der Waals surface area (Å²) < 4.78 is 5.70. The molecule has 0 amide bonds. The highest BCUT2D eigenvalue weighted by Gasteiger charge is 2.12. The molecule has 0 radical (unpaired) electrons. The van der Waals surface area contributed by atoms with Gasteiger partial charge in [-0.25, -0.2) is 0 Å². The largest absolute Gasteiger partial charge is 0.437 e. The number of aromatic nitrogens is 2. The van der Waals surface area contributed by atoms with Gasteiger partial charge in [0.2, 0.25) is 5.88 Å². The number of ether oxygens (including phenoxy) is 1. The summed E-state index contributed by atoms with van der Waals surface area (Å²) in [5, 5.41) is 19.3. The lowest BCUT2D eigenvalue weighted by Gasteiger charge is -2.10. The van der Waals surface area contributed by atoms with Crippen molar-refractivity contribution in [1.29, 1.82) is 0 Å². The average molecular weight is 258 g/mol. The van der Waals surface area contributed by atoms with Gasteiger partial charge in [-0.15, -0.1) is 5.10 Å². The molecule has 1 aromatic carbocycles. The number of rotatable bonds is 3. The van der Waals surface area contributed by atoms with Crippen LogP contribution in [-0.4, -0.2) is 21.2 Å². The minimum absolute atomic E-state index is 0.0739. The highest BCUT2D eigenvalue weighted by molar-refractivity contribution is 5.98. The van der Waals surface area contributed by atoms with Gasteiger partial charge in [-0.3, -0.25) is 0 Å². The normalized spacial score (nSPS) is 11.4. The first kappa shape index (κ1) is 12.8. The zero-order chi connectivity index (χ0) is 13.8. The molecule has 1 aromatic heterocycles. The number of oxime groups is 1. The molecule has 0 atom stereocenters. The summed E-state index contributed by atoms with van der Waals surface area (Å²) in [6.45, 7) is 3.89. The topological polar surface area (TPSA) is 93.6 Å². The van der Waals surface area contributed by atoms with Crippen LogP contribution in [0.4, 0.5) is 0 Å². The van der Waals surface area contributed by atoms with E-state index in [9.17, 15) is 0 Å². The van der Waals surface area contributed by atoms with Gasteiger partial charge in [0.05, 0.1) is 11.8 Å². The maximum absolute atomic E-state index is 8.74. The maximum Gasteiger partial charge on any atom is 0.250 e. The molecule has 0 saturated carbocycles. The van der Waals surface area contributed by atoms with Gasteiger partial charge in [-0.2, -0.15) is 5.10 Å². The van der Waals surface area contributed by atoms with Crippen molar-refractivity contribution in [3.8, 4) is 11.6 Å². The minimum Gasteiger partial charge on any atom is -0.437 e. The van der Waals surface area contributed by atoms with Gasteiger partial charge in [-0.1, -0.05) is 17.3 Å². The second-order valence-corrected chi connectivity index (χ2v) is 4.11. The van der Waals surface area contributed by atoms with E-state index >= 15 is 0 Å². The molecular formula is C13H14N4O2. The van der Waals surface area contributed by atoms with Gasteiger partial charge in [0, 0.05) is 0 Å². The first-order valence-electron chi connectivity index (χ1n) is 5.66. The zero-order valence-corrected chi connectivity index (χ0v) is 10.7. The molecule has 6 heteroatoms. The van der Waals surface area contributed by atoms with Crippen LogP contribution in [-0.2, 0) is 0 Å². The van der Waals surface area contributed by atoms with Crippen molar-refractivity contribution < 1.29 is 9.94 Å². The van der Waals surface area contributed by atoms with Crippen LogP contribution in [0.3, 0.4) is 0 Å². The van der Waals surface area contributed by atoms with Gasteiger partial charge in [0.1, 0.15) is 5.75 Å². The van der Waals surface area contributed by atoms with Crippen LogP contribution in [0.1, 0.15) is 16.7 Å². The smallest absolute Gasteiger partial charge is 0.250 e. The van der Waals surface area contributed by atoms with Crippen LogP contribution >= 0.6 is 0 Å². The van der Waals surface area contributed by atoms with Crippen LogP contribution in [0.25, 0.3) is 0 Å². The van der Waals surface area contributed by atoms with Crippen LogP contribution in [0, 0.1) is 13.8 Å². The molecule has 98 valence electrons. The number of nitrogens with zero attached hydrogens (tertiary/aromatic N) is 3. The van der Waals surface area contributed by atoms with Gasteiger partial charge >= 0.3 is 0 Å². The van der Waals surface area contributed by atoms with Crippen molar-refractivity contribution in [2.45, 2.75) is 13.8 Å². The summed E-state index contributed by atoms with van der Waals surface area (Å²) in [4.78, 5) is 0. The van der Waals surface area contributed by atoms with Crippen molar-refractivity contribution in [3.05, 3.63) is 47.2 Å². The molecule has 2 rings (SSSR count). The number of aryl methyl sites for hydroxylation is 2. The molecule has 2 aromatic rings. The Bertz CT molecular complexity index is 626. The third kappa shape index (κ3) is 2.79. The van der Waals surface area contributed by atoms with Gasteiger partial charge in [-0.05, 0) is 37.1 Å².